The number of tetrazole rings is 1. The van der Waals surface area contributed by atoms with Gasteiger partial charge in [-0.1, -0.05) is 31.0 Å². The Hall–Kier alpha value is -2.22. The van der Waals surface area contributed by atoms with E-state index in [1.165, 1.54) is 31.0 Å². The van der Waals surface area contributed by atoms with E-state index in [9.17, 15) is 9.59 Å². The third kappa shape index (κ3) is 4.05. The van der Waals surface area contributed by atoms with Gasteiger partial charge in [0.05, 0.1) is 11.8 Å². The van der Waals surface area contributed by atoms with Crippen molar-refractivity contribution < 1.29 is 9.59 Å². The van der Waals surface area contributed by atoms with Crippen LogP contribution in [0.25, 0.3) is 0 Å². The maximum Gasteiger partial charge on any atom is 0.227 e. The fraction of sp³-hybridized carbons (Fsp3) is 0.526. The summed E-state index contributed by atoms with van der Waals surface area (Å²) in [7, 11) is 0. The first-order valence-corrected chi connectivity index (χ1v) is 10.6. The lowest BCUT2D eigenvalue weighted by molar-refractivity contribution is -0.117. The van der Waals surface area contributed by atoms with E-state index in [1.807, 2.05) is 16.8 Å². The third-order valence-electron chi connectivity index (χ3n) is 5.29. The normalized spacial score (nSPS) is 18.2. The second kappa shape index (κ2) is 8.21. The molecular weight excluding hydrogens is 362 g/mol. The van der Waals surface area contributed by atoms with Gasteiger partial charge in [0.1, 0.15) is 0 Å². The van der Waals surface area contributed by atoms with Gasteiger partial charge in [-0.05, 0) is 54.0 Å². The van der Waals surface area contributed by atoms with Crippen molar-refractivity contribution in [2.24, 2.45) is 0 Å². The summed E-state index contributed by atoms with van der Waals surface area (Å²) in [6, 6.07) is 7.66. The van der Waals surface area contributed by atoms with E-state index in [1.54, 1.807) is 17.0 Å². The quantitative estimate of drug-likeness (QED) is 0.561. The van der Waals surface area contributed by atoms with Crippen molar-refractivity contribution in [1.82, 2.24) is 20.2 Å². The number of ketones is 1. The minimum atomic E-state index is 0.0393. The molecule has 8 heteroatoms. The number of hydrogen-bond acceptors (Lipinski definition) is 6. The van der Waals surface area contributed by atoms with Crippen molar-refractivity contribution >= 4 is 29.1 Å². The van der Waals surface area contributed by atoms with Gasteiger partial charge < -0.3 is 4.90 Å². The molecule has 0 unspecified atom stereocenters. The molecule has 1 aliphatic heterocycles. The van der Waals surface area contributed by atoms with Gasteiger partial charge in [0, 0.05) is 24.2 Å². The molecule has 4 rings (SSSR count). The highest BCUT2D eigenvalue weighted by atomic mass is 32.2. The molecule has 1 saturated heterocycles. The molecule has 0 N–H and O–H groups in total. The van der Waals surface area contributed by atoms with E-state index in [4.69, 9.17) is 0 Å². The van der Waals surface area contributed by atoms with Crippen LogP contribution >= 0.6 is 11.8 Å². The average molecular weight is 385 g/mol. The first-order valence-electron chi connectivity index (χ1n) is 9.56. The van der Waals surface area contributed by atoms with Crippen molar-refractivity contribution in [2.45, 2.75) is 56.1 Å². The topological polar surface area (TPSA) is 81.0 Å². The van der Waals surface area contributed by atoms with Crippen molar-refractivity contribution in [3.63, 3.8) is 0 Å². The Balaban J connectivity index is 1.37. The molecule has 0 spiro atoms. The molecule has 7 nitrogen and oxygen atoms in total. The molecule has 0 atom stereocenters. The lowest BCUT2D eigenvalue weighted by atomic mass is 9.96. The Labute approximate surface area is 162 Å². The zero-order chi connectivity index (χ0) is 18.6. The van der Waals surface area contributed by atoms with E-state index in [2.05, 4.69) is 15.5 Å². The third-order valence-corrected chi connectivity index (χ3v) is 6.22. The summed E-state index contributed by atoms with van der Waals surface area (Å²) < 4.78 is 1.89. The van der Waals surface area contributed by atoms with Crippen molar-refractivity contribution in [2.75, 3.05) is 17.2 Å². The number of Topliss-reactive ketones (excluding diaryl/α,β-unsaturated/α-hetero) is 1. The predicted octanol–water partition coefficient (Wildman–Crippen LogP) is 3.28. The fourth-order valence-corrected chi connectivity index (χ4v) is 4.64. The monoisotopic (exact) mass is 385 g/mol. The standard InChI is InChI=1S/C19H23N5O2S/c25-17(14-8-10-15(11-9-14)23-12-4-7-18(23)26)13-27-19-20-21-22-24(19)16-5-2-1-3-6-16/h8-11,16H,1-7,12-13H2. The lowest BCUT2D eigenvalue weighted by Gasteiger charge is -2.21. The van der Waals surface area contributed by atoms with Crippen LogP contribution in [0.3, 0.4) is 0 Å². The summed E-state index contributed by atoms with van der Waals surface area (Å²) in [6.45, 7) is 0.756. The summed E-state index contributed by atoms with van der Waals surface area (Å²) in [4.78, 5) is 26.1. The van der Waals surface area contributed by atoms with Gasteiger partial charge in [-0.2, -0.15) is 0 Å². The minimum Gasteiger partial charge on any atom is -0.312 e. The number of aromatic nitrogens is 4. The van der Waals surface area contributed by atoms with Gasteiger partial charge in [-0.3, -0.25) is 9.59 Å². The van der Waals surface area contributed by atoms with Crippen LogP contribution < -0.4 is 4.90 Å². The summed E-state index contributed by atoms with van der Waals surface area (Å²) in [5.41, 5.74) is 1.51. The summed E-state index contributed by atoms with van der Waals surface area (Å²) in [5.74, 6) is 0.492. The van der Waals surface area contributed by atoms with Crippen molar-refractivity contribution in [3.8, 4) is 0 Å². The Kier molecular flexibility index (Phi) is 5.52. The molecule has 27 heavy (non-hydrogen) atoms. The number of hydrogen-bond donors (Lipinski definition) is 0. The van der Waals surface area contributed by atoms with E-state index in [-0.39, 0.29) is 11.7 Å². The van der Waals surface area contributed by atoms with Gasteiger partial charge in [-0.25, -0.2) is 4.68 Å². The Morgan fingerprint density at radius 2 is 1.89 bits per heavy atom. The Bertz CT molecular complexity index is 814. The van der Waals surface area contributed by atoms with Gasteiger partial charge in [-0.15, -0.1) is 5.10 Å². The second-order valence-corrected chi connectivity index (χ2v) is 8.05. The Morgan fingerprint density at radius 1 is 1.11 bits per heavy atom. The number of anilines is 1. The van der Waals surface area contributed by atoms with Crippen molar-refractivity contribution in [1.29, 1.82) is 0 Å². The molecule has 2 fully saturated rings. The highest BCUT2D eigenvalue weighted by Gasteiger charge is 2.23. The molecule has 2 aliphatic rings. The van der Waals surface area contributed by atoms with E-state index >= 15 is 0 Å². The Morgan fingerprint density at radius 3 is 2.59 bits per heavy atom. The molecule has 1 aromatic heterocycles. The van der Waals surface area contributed by atoms with E-state index in [0.717, 1.165) is 36.7 Å². The zero-order valence-electron chi connectivity index (χ0n) is 15.2. The van der Waals surface area contributed by atoms with Gasteiger partial charge in [0.25, 0.3) is 0 Å². The molecule has 1 aliphatic carbocycles. The lowest BCUT2D eigenvalue weighted by Crippen LogP contribution is -2.23. The van der Waals surface area contributed by atoms with E-state index in [0.29, 0.717) is 23.8 Å². The van der Waals surface area contributed by atoms with Crippen LogP contribution in [0.5, 0.6) is 0 Å². The van der Waals surface area contributed by atoms with Crippen LogP contribution in [-0.4, -0.2) is 44.2 Å². The first-order chi connectivity index (χ1) is 13.2. The van der Waals surface area contributed by atoms with Gasteiger partial charge >= 0.3 is 0 Å². The molecule has 0 radical (unpaired) electrons. The average Bonchev–Trinajstić information content (AvgIpc) is 3.36. The molecule has 142 valence electrons. The summed E-state index contributed by atoms with van der Waals surface area (Å²) in [6.07, 6.45) is 7.39. The second-order valence-electron chi connectivity index (χ2n) is 7.11. The maximum atomic E-state index is 12.5. The van der Waals surface area contributed by atoms with Crippen LogP contribution in [0.1, 0.15) is 61.3 Å². The number of benzene rings is 1. The van der Waals surface area contributed by atoms with Gasteiger partial charge in [0.2, 0.25) is 11.1 Å². The number of carbonyl (C=O) groups excluding carboxylic acids is 2. The molecule has 1 amide bonds. The van der Waals surface area contributed by atoms with Crippen LogP contribution in [0.4, 0.5) is 5.69 Å². The minimum absolute atomic E-state index is 0.0393. The number of rotatable bonds is 6. The van der Waals surface area contributed by atoms with Gasteiger partial charge in [0.15, 0.2) is 5.78 Å². The summed E-state index contributed by atoms with van der Waals surface area (Å²) >= 11 is 1.39. The zero-order valence-corrected chi connectivity index (χ0v) is 16.0. The van der Waals surface area contributed by atoms with Crippen LogP contribution in [0.15, 0.2) is 29.4 Å². The summed E-state index contributed by atoms with van der Waals surface area (Å²) in [5, 5.41) is 12.8. The molecular formula is C19H23N5O2S. The van der Waals surface area contributed by atoms with Crippen LogP contribution in [-0.2, 0) is 4.79 Å². The number of nitrogens with zero attached hydrogens (tertiary/aromatic N) is 5. The highest BCUT2D eigenvalue weighted by Crippen LogP contribution is 2.30. The molecule has 1 saturated carbocycles. The molecule has 2 aromatic rings. The predicted molar refractivity (Wildman–Crippen MR) is 103 cm³/mol. The van der Waals surface area contributed by atoms with Crippen LogP contribution in [0, 0.1) is 0 Å². The smallest absolute Gasteiger partial charge is 0.227 e. The number of thioether (sulfide) groups is 1. The molecule has 1 aromatic carbocycles. The molecule has 2 heterocycles. The van der Waals surface area contributed by atoms with E-state index < -0.39 is 0 Å². The largest absolute Gasteiger partial charge is 0.312 e. The maximum absolute atomic E-state index is 12.5. The van der Waals surface area contributed by atoms with Crippen LogP contribution in [0.2, 0.25) is 0 Å². The number of amides is 1. The highest BCUT2D eigenvalue weighted by molar-refractivity contribution is 7.99. The number of carbonyl (C=O) groups is 2. The molecule has 0 bridgehead atoms. The first kappa shape index (κ1) is 18.2. The fourth-order valence-electron chi connectivity index (χ4n) is 3.80. The SMILES string of the molecule is O=C(CSc1nnnn1C1CCCCC1)c1ccc(N2CCCC2=O)cc1. The van der Waals surface area contributed by atoms with Crippen molar-refractivity contribution in [3.05, 3.63) is 29.8 Å².